The van der Waals surface area contributed by atoms with Crippen molar-refractivity contribution in [3.63, 3.8) is 0 Å². The Morgan fingerprint density at radius 2 is 0.722 bits per heavy atom. The fraction of sp³-hybridized carbons (Fsp3) is 1.00. The average Bonchev–Trinajstić information content (AvgIpc) is 2.90. The summed E-state index contributed by atoms with van der Waals surface area (Å²) in [4.78, 5) is 0.350. The van der Waals surface area contributed by atoms with Crippen molar-refractivity contribution in [2.75, 3.05) is 0 Å². The molecule has 0 bridgehead atoms. The standard InChI is InChI=1S/C31H59ClN2P2/c1-25(2)35(26(3)4)31(32)36(33(27-17-9-5-10-18-27)28-19-11-6-12-20-28)34(29-21-13-7-14-22-29)30-23-15-8-16-24-30/h25-31H,5-24H2,1-4H3. The Labute approximate surface area is 233 Å². The van der Waals surface area contributed by atoms with Crippen LogP contribution < -0.4 is 0 Å². The van der Waals surface area contributed by atoms with Crippen LogP contribution >= 0.6 is 27.7 Å². The van der Waals surface area contributed by atoms with Crippen LogP contribution in [0.25, 0.3) is 0 Å². The van der Waals surface area contributed by atoms with Gasteiger partial charge in [0.1, 0.15) is 4.86 Å². The highest BCUT2D eigenvalue weighted by Crippen LogP contribution is 2.70. The molecule has 0 spiro atoms. The van der Waals surface area contributed by atoms with E-state index >= 15 is 0 Å². The minimum absolute atomic E-state index is 0.217. The molecule has 0 aromatic carbocycles. The normalized spacial score (nSPS) is 25.8. The summed E-state index contributed by atoms with van der Waals surface area (Å²) in [6.45, 7) is 9.97. The van der Waals surface area contributed by atoms with E-state index in [2.05, 4.69) is 37.0 Å². The summed E-state index contributed by atoms with van der Waals surface area (Å²) in [5.41, 5.74) is 1.43. The zero-order chi connectivity index (χ0) is 25.5. The predicted molar refractivity (Wildman–Crippen MR) is 165 cm³/mol. The first-order chi connectivity index (χ1) is 17.5. The zero-order valence-electron chi connectivity index (χ0n) is 24.4. The zero-order valence-corrected chi connectivity index (χ0v) is 26.9. The Morgan fingerprint density at radius 3 is 0.944 bits per heavy atom. The van der Waals surface area contributed by atoms with Gasteiger partial charge in [0.2, 0.25) is 0 Å². The van der Waals surface area contributed by atoms with E-state index in [0.29, 0.717) is 16.2 Å². The third kappa shape index (κ3) is 7.62. The topological polar surface area (TPSA) is 6.48 Å². The quantitative estimate of drug-likeness (QED) is 0.195. The van der Waals surface area contributed by atoms with Gasteiger partial charge in [0.05, 0.1) is 8.22 Å². The Morgan fingerprint density at radius 1 is 0.472 bits per heavy atom. The Kier molecular flexibility index (Phi) is 12.7. The summed E-state index contributed by atoms with van der Waals surface area (Å²) in [7, 11) is -0.701. The molecule has 4 saturated carbocycles. The highest BCUT2D eigenvalue weighted by Gasteiger charge is 2.48. The van der Waals surface area contributed by atoms with Crippen molar-refractivity contribution in [1.82, 2.24) is 9.34 Å². The molecular weight excluding hydrogens is 498 g/mol. The maximum absolute atomic E-state index is 8.04. The fourth-order valence-corrected chi connectivity index (χ4v) is 18.5. The van der Waals surface area contributed by atoms with E-state index in [1.807, 2.05) is 0 Å². The highest BCUT2D eigenvalue weighted by molar-refractivity contribution is 7.77. The van der Waals surface area contributed by atoms with E-state index in [4.69, 9.17) is 11.6 Å². The van der Waals surface area contributed by atoms with Gasteiger partial charge in [-0.3, -0.25) is 9.34 Å². The number of halogens is 1. The van der Waals surface area contributed by atoms with Crippen molar-refractivity contribution in [2.24, 2.45) is 0 Å². The van der Waals surface area contributed by atoms with E-state index in [0.717, 1.165) is 24.2 Å². The van der Waals surface area contributed by atoms with E-state index in [9.17, 15) is 0 Å². The Hall–Kier alpha value is 1.07. The second kappa shape index (κ2) is 15.2. The van der Waals surface area contributed by atoms with Crippen LogP contribution in [0.3, 0.4) is 0 Å². The molecule has 0 heterocycles. The molecule has 0 saturated heterocycles. The van der Waals surface area contributed by atoms with E-state index in [1.54, 1.807) is 0 Å². The second-order valence-electron chi connectivity index (χ2n) is 13.2. The van der Waals surface area contributed by atoms with E-state index in [-0.39, 0.29) is 7.92 Å². The lowest BCUT2D eigenvalue weighted by Gasteiger charge is -2.56. The molecule has 210 valence electrons. The van der Waals surface area contributed by atoms with E-state index < -0.39 is 8.22 Å². The van der Waals surface area contributed by atoms with Crippen molar-refractivity contribution in [3.05, 3.63) is 0 Å². The molecule has 4 aliphatic rings. The van der Waals surface area contributed by atoms with Crippen LogP contribution in [0.2, 0.25) is 0 Å². The first-order valence-corrected chi connectivity index (χ1v) is 19.6. The number of rotatable bonds is 10. The monoisotopic (exact) mass is 556 g/mol. The SMILES string of the molecule is CC(C)P(C(C)C)C(Cl)P(N(C1CCCCC1)C1CCCCC1)N(C1CCCCC1)C1CCCCC1. The summed E-state index contributed by atoms with van der Waals surface area (Å²) in [5, 5.41) is 0. The summed E-state index contributed by atoms with van der Waals surface area (Å²) in [6, 6.07) is 3.17. The van der Waals surface area contributed by atoms with Crippen LogP contribution in [0.5, 0.6) is 0 Å². The van der Waals surface area contributed by atoms with Gasteiger partial charge in [0.25, 0.3) is 0 Å². The molecule has 0 radical (unpaired) electrons. The Balaban J connectivity index is 1.78. The summed E-state index contributed by atoms with van der Waals surface area (Å²) >= 11 is 8.04. The predicted octanol–water partition coefficient (Wildman–Crippen LogP) is 11.1. The minimum atomic E-state index is -0.484. The van der Waals surface area contributed by atoms with Crippen LogP contribution in [0.1, 0.15) is 156 Å². The molecular formula is C31H59ClN2P2. The Bertz CT molecular complexity index is 524. The van der Waals surface area contributed by atoms with Crippen LogP contribution in [-0.4, -0.2) is 49.7 Å². The minimum Gasteiger partial charge on any atom is -0.262 e. The van der Waals surface area contributed by atoms with Crippen LogP contribution in [0, 0.1) is 0 Å². The molecule has 0 aromatic rings. The van der Waals surface area contributed by atoms with Crippen LogP contribution in [0.15, 0.2) is 0 Å². The van der Waals surface area contributed by atoms with Gasteiger partial charge in [-0.15, -0.1) is 11.6 Å². The summed E-state index contributed by atoms with van der Waals surface area (Å²) < 4.78 is 6.49. The molecule has 0 aromatic heterocycles. The maximum atomic E-state index is 8.04. The maximum Gasteiger partial charge on any atom is 0.100 e. The van der Waals surface area contributed by atoms with Crippen molar-refractivity contribution in [1.29, 1.82) is 0 Å². The molecule has 4 rings (SSSR count). The lowest BCUT2D eigenvalue weighted by molar-refractivity contribution is 0.132. The second-order valence-corrected chi connectivity index (χ2v) is 20.2. The van der Waals surface area contributed by atoms with Gasteiger partial charge >= 0.3 is 0 Å². The fourth-order valence-electron chi connectivity index (χ4n) is 8.19. The molecule has 4 aliphatic carbocycles. The van der Waals surface area contributed by atoms with Crippen molar-refractivity contribution >= 4 is 27.7 Å². The van der Waals surface area contributed by atoms with Crippen molar-refractivity contribution < 1.29 is 0 Å². The first kappa shape index (κ1) is 30.0. The van der Waals surface area contributed by atoms with Gasteiger partial charge in [0, 0.05) is 24.2 Å². The molecule has 36 heavy (non-hydrogen) atoms. The third-order valence-corrected chi connectivity index (χ3v) is 18.0. The molecule has 5 heteroatoms. The number of hydrogen-bond acceptors (Lipinski definition) is 2. The largest absolute Gasteiger partial charge is 0.262 e. The number of hydrogen-bond donors (Lipinski definition) is 0. The molecule has 1 atom stereocenters. The van der Waals surface area contributed by atoms with Gasteiger partial charge < -0.3 is 0 Å². The molecule has 0 N–H and O–H groups in total. The molecule has 0 aliphatic heterocycles. The smallest absolute Gasteiger partial charge is 0.100 e. The van der Waals surface area contributed by atoms with Crippen LogP contribution in [0.4, 0.5) is 0 Å². The highest BCUT2D eigenvalue weighted by atomic mass is 35.5. The van der Waals surface area contributed by atoms with Crippen molar-refractivity contribution in [3.8, 4) is 0 Å². The summed E-state index contributed by atoms with van der Waals surface area (Å²) in [5.74, 6) is 0. The molecule has 4 fully saturated rings. The lowest BCUT2D eigenvalue weighted by atomic mass is 9.90. The first-order valence-electron chi connectivity index (χ1n) is 16.3. The van der Waals surface area contributed by atoms with Gasteiger partial charge in [-0.2, -0.15) is 0 Å². The number of alkyl halides is 1. The van der Waals surface area contributed by atoms with Crippen LogP contribution in [-0.2, 0) is 0 Å². The lowest BCUT2D eigenvalue weighted by Crippen LogP contribution is -2.51. The van der Waals surface area contributed by atoms with Gasteiger partial charge in [0.15, 0.2) is 0 Å². The van der Waals surface area contributed by atoms with Gasteiger partial charge in [-0.05, 0) is 62.7 Å². The van der Waals surface area contributed by atoms with Gasteiger partial charge in [-0.25, -0.2) is 0 Å². The third-order valence-electron chi connectivity index (χ3n) is 9.90. The average molecular weight is 557 g/mol. The number of nitrogens with zero attached hydrogens (tertiary/aromatic N) is 2. The van der Waals surface area contributed by atoms with Crippen molar-refractivity contribution in [2.45, 2.75) is 196 Å². The summed E-state index contributed by atoms with van der Waals surface area (Å²) in [6.07, 6.45) is 28.8. The molecule has 1 unspecified atom stereocenters. The molecule has 0 amide bonds. The van der Waals surface area contributed by atoms with Gasteiger partial charge in [-0.1, -0.05) is 113 Å². The van der Waals surface area contributed by atoms with E-state index in [1.165, 1.54) is 128 Å². The molecule has 2 nitrogen and oxygen atoms in total.